The maximum absolute atomic E-state index is 4.76. The zero-order valence-corrected chi connectivity index (χ0v) is 12.5. The van der Waals surface area contributed by atoms with Crippen LogP contribution in [0.4, 0.5) is 5.82 Å². The van der Waals surface area contributed by atoms with E-state index in [-0.39, 0.29) is 0 Å². The Labute approximate surface area is 127 Å². The number of rotatable bonds is 2. The molecule has 0 aliphatic carbocycles. The minimum Gasteiger partial charge on any atom is -0.355 e. The Kier molecular flexibility index (Phi) is 3.27. The molecule has 0 radical (unpaired) electrons. The number of fused-ring (bicyclic) bond motifs is 1. The van der Waals surface area contributed by atoms with Gasteiger partial charge in [-0.2, -0.15) is 0 Å². The molecule has 1 saturated heterocycles. The van der Waals surface area contributed by atoms with Crippen molar-refractivity contribution >= 4 is 28.2 Å². The summed E-state index contributed by atoms with van der Waals surface area (Å²) in [6, 6.07) is 8.03. The standard InChI is InChI=1S/C16H16N4S/c1-2-6-14-13(5-1)18-10-15(19-14)20-8-3-4-12(11-20)16-17-7-9-21-16/h1-2,5-7,9-10,12H,3-4,8,11H2/t12-/m0/s1. The van der Waals surface area contributed by atoms with Crippen LogP contribution in [0.25, 0.3) is 11.0 Å². The monoisotopic (exact) mass is 296 g/mol. The first-order valence-corrected chi connectivity index (χ1v) is 8.14. The first-order chi connectivity index (χ1) is 10.4. The van der Waals surface area contributed by atoms with Gasteiger partial charge in [0.1, 0.15) is 5.82 Å². The molecule has 3 heterocycles. The molecule has 21 heavy (non-hydrogen) atoms. The van der Waals surface area contributed by atoms with E-state index < -0.39 is 0 Å². The normalized spacial score (nSPS) is 19.0. The summed E-state index contributed by atoms with van der Waals surface area (Å²) in [7, 11) is 0. The molecule has 106 valence electrons. The predicted molar refractivity (Wildman–Crippen MR) is 85.8 cm³/mol. The van der Waals surface area contributed by atoms with Crippen LogP contribution in [0.5, 0.6) is 0 Å². The largest absolute Gasteiger partial charge is 0.355 e. The zero-order valence-electron chi connectivity index (χ0n) is 11.6. The molecule has 5 heteroatoms. The van der Waals surface area contributed by atoms with Crippen molar-refractivity contribution in [2.45, 2.75) is 18.8 Å². The lowest BCUT2D eigenvalue weighted by molar-refractivity contribution is 0.505. The van der Waals surface area contributed by atoms with Gasteiger partial charge in [-0.1, -0.05) is 12.1 Å². The molecule has 0 unspecified atom stereocenters. The van der Waals surface area contributed by atoms with Crippen LogP contribution in [0.2, 0.25) is 0 Å². The second-order valence-electron chi connectivity index (χ2n) is 5.37. The number of benzene rings is 1. The quantitative estimate of drug-likeness (QED) is 0.726. The Hall–Kier alpha value is -2.01. The topological polar surface area (TPSA) is 41.9 Å². The Morgan fingerprint density at radius 2 is 2.05 bits per heavy atom. The highest BCUT2D eigenvalue weighted by Crippen LogP contribution is 2.30. The van der Waals surface area contributed by atoms with Gasteiger partial charge in [0.25, 0.3) is 0 Å². The Bertz CT molecular complexity index is 741. The number of piperidine rings is 1. The van der Waals surface area contributed by atoms with Gasteiger partial charge in [0, 0.05) is 30.6 Å². The van der Waals surface area contributed by atoms with Gasteiger partial charge < -0.3 is 4.90 Å². The molecule has 0 N–H and O–H groups in total. The van der Waals surface area contributed by atoms with Crippen LogP contribution in [0, 0.1) is 0 Å². The third-order valence-corrected chi connectivity index (χ3v) is 4.92. The molecule has 0 spiro atoms. The first-order valence-electron chi connectivity index (χ1n) is 7.26. The van der Waals surface area contributed by atoms with Crippen LogP contribution < -0.4 is 4.90 Å². The lowest BCUT2D eigenvalue weighted by atomic mass is 9.99. The van der Waals surface area contributed by atoms with Crippen molar-refractivity contribution in [1.29, 1.82) is 0 Å². The van der Waals surface area contributed by atoms with E-state index in [0.29, 0.717) is 5.92 Å². The van der Waals surface area contributed by atoms with Crippen LogP contribution in [0.15, 0.2) is 42.0 Å². The molecule has 1 aliphatic rings. The molecule has 1 fully saturated rings. The van der Waals surface area contributed by atoms with E-state index >= 15 is 0 Å². The average Bonchev–Trinajstić information content (AvgIpc) is 3.09. The highest BCUT2D eigenvalue weighted by Gasteiger charge is 2.24. The van der Waals surface area contributed by atoms with E-state index in [0.717, 1.165) is 29.9 Å². The van der Waals surface area contributed by atoms with E-state index in [2.05, 4.69) is 20.2 Å². The van der Waals surface area contributed by atoms with E-state index in [4.69, 9.17) is 4.98 Å². The number of hydrogen-bond donors (Lipinski definition) is 0. The van der Waals surface area contributed by atoms with Crippen LogP contribution in [-0.2, 0) is 0 Å². The van der Waals surface area contributed by atoms with E-state index in [9.17, 15) is 0 Å². The number of para-hydroxylation sites is 2. The molecule has 1 atom stereocenters. The summed E-state index contributed by atoms with van der Waals surface area (Å²) in [5, 5.41) is 3.30. The molecule has 1 aliphatic heterocycles. The van der Waals surface area contributed by atoms with Crippen molar-refractivity contribution in [3.05, 3.63) is 47.0 Å². The van der Waals surface area contributed by atoms with Crippen molar-refractivity contribution in [1.82, 2.24) is 15.0 Å². The molecule has 0 saturated carbocycles. The van der Waals surface area contributed by atoms with Gasteiger partial charge >= 0.3 is 0 Å². The maximum atomic E-state index is 4.76. The van der Waals surface area contributed by atoms with E-state index in [1.807, 2.05) is 36.7 Å². The third-order valence-electron chi connectivity index (χ3n) is 3.98. The Morgan fingerprint density at radius 3 is 2.90 bits per heavy atom. The molecule has 3 aromatic rings. The Morgan fingerprint density at radius 1 is 1.14 bits per heavy atom. The van der Waals surface area contributed by atoms with Gasteiger partial charge in [-0.3, -0.25) is 4.98 Å². The van der Waals surface area contributed by atoms with Gasteiger partial charge in [-0.05, 0) is 25.0 Å². The van der Waals surface area contributed by atoms with Gasteiger partial charge in [0.15, 0.2) is 0 Å². The summed E-state index contributed by atoms with van der Waals surface area (Å²) >= 11 is 1.76. The van der Waals surface area contributed by atoms with Crippen molar-refractivity contribution in [2.75, 3.05) is 18.0 Å². The van der Waals surface area contributed by atoms with Crippen LogP contribution in [0.1, 0.15) is 23.8 Å². The molecule has 0 bridgehead atoms. The Balaban J connectivity index is 1.62. The predicted octanol–water partition coefficient (Wildman–Crippen LogP) is 3.47. The fourth-order valence-electron chi connectivity index (χ4n) is 2.92. The van der Waals surface area contributed by atoms with Gasteiger partial charge in [-0.15, -0.1) is 11.3 Å². The number of thiazole rings is 1. The van der Waals surface area contributed by atoms with Crippen molar-refractivity contribution in [2.24, 2.45) is 0 Å². The number of aromatic nitrogens is 3. The minimum atomic E-state index is 0.520. The van der Waals surface area contributed by atoms with Crippen LogP contribution in [0.3, 0.4) is 0 Å². The summed E-state index contributed by atoms with van der Waals surface area (Å²) in [6.07, 6.45) is 6.19. The lowest BCUT2D eigenvalue weighted by Crippen LogP contribution is -2.35. The SMILES string of the molecule is c1ccc2nc(N3CCC[C@H](c4nccs4)C3)cnc2c1. The lowest BCUT2D eigenvalue weighted by Gasteiger charge is -2.32. The van der Waals surface area contributed by atoms with Crippen LogP contribution in [-0.4, -0.2) is 28.0 Å². The van der Waals surface area contributed by atoms with Gasteiger partial charge in [-0.25, -0.2) is 9.97 Å². The molecule has 1 aromatic carbocycles. The number of anilines is 1. The molecule has 4 nitrogen and oxygen atoms in total. The summed E-state index contributed by atoms with van der Waals surface area (Å²) in [5.74, 6) is 1.50. The highest BCUT2D eigenvalue weighted by molar-refractivity contribution is 7.09. The molecular weight excluding hydrogens is 280 g/mol. The third kappa shape index (κ3) is 2.49. The van der Waals surface area contributed by atoms with Gasteiger partial charge in [0.2, 0.25) is 0 Å². The fraction of sp³-hybridized carbons (Fsp3) is 0.312. The summed E-state index contributed by atoms with van der Waals surface area (Å²) in [5.41, 5.74) is 1.92. The minimum absolute atomic E-state index is 0.520. The molecule has 4 rings (SSSR count). The zero-order chi connectivity index (χ0) is 14.1. The summed E-state index contributed by atoms with van der Waals surface area (Å²) in [4.78, 5) is 16.1. The summed E-state index contributed by atoms with van der Waals surface area (Å²) < 4.78 is 0. The molecule has 2 aromatic heterocycles. The first kappa shape index (κ1) is 12.7. The molecule has 0 amide bonds. The smallest absolute Gasteiger partial charge is 0.147 e. The van der Waals surface area contributed by atoms with E-state index in [1.165, 1.54) is 17.8 Å². The molecular formula is C16H16N4S. The van der Waals surface area contributed by atoms with Crippen molar-refractivity contribution < 1.29 is 0 Å². The average molecular weight is 296 g/mol. The van der Waals surface area contributed by atoms with E-state index in [1.54, 1.807) is 11.3 Å². The van der Waals surface area contributed by atoms with Gasteiger partial charge in [0.05, 0.1) is 22.2 Å². The number of nitrogens with zero attached hydrogens (tertiary/aromatic N) is 4. The second-order valence-corrected chi connectivity index (χ2v) is 6.30. The van der Waals surface area contributed by atoms with Crippen LogP contribution >= 0.6 is 11.3 Å². The summed E-state index contributed by atoms with van der Waals surface area (Å²) in [6.45, 7) is 2.04. The second kappa shape index (κ2) is 5.41. The number of hydrogen-bond acceptors (Lipinski definition) is 5. The maximum Gasteiger partial charge on any atom is 0.147 e. The van der Waals surface area contributed by atoms with Crippen molar-refractivity contribution in [3.8, 4) is 0 Å². The highest BCUT2D eigenvalue weighted by atomic mass is 32.1. The van der Waals surface area contributed by atoms with Crippen molar-refractivity contribution in [3.63, 3.8) is 0 Å². The fourth-order valence-corrected chi connectivity index (χ4v) is 3.69.